The zero-order valence-corrected chi connectivity index (χ0v) is 19.4. The number of para-hydroxylation sites is 1. The minimum Gasteiger partial charge on any atom is -0.493 e. The Hall–Kier alpha value is -2.15. The van der Waals surface area contributed by atoms with Gasteiger partial charge in [-0.15, -0.1) is 0 Å². The van der Waals surface area contributed by atoms with E-state index < -0.39 is 11.9 Å². The molecule has 0 atom stereocenters. The Bertz CT molecular complexity index is 1000. The Morgan fingerprint density at radius 1 is 1.13 bits per heavy atom. The van der Waals surface area contributed by atoms with E-state index in [1.54, 1.807) is 11.0 Å². The van der Waals surface area contributed by atoms with Gasteiger partial charge in [0.1, 0.15) is 5.75 Å². The highest BCUT2D eigenvalue weighted by molar-refractivity contribution is 7.99. The van der Waals surface area contributed by atoms with E-state index in [0.29, 0.717) is 43.1 Å². The van der Waals surface area contributed by atoms with E-state index in [9.17, 15) is 9.59 Å². The highest BCUT2D eigenvalue weighted by Gasteiger charge is 2.29. The van der Waals surface area contributed by atoms with E-state index in [1.165, 1.54) is 11.8 Å². The lowest BCUT2D eigenvalue weighted by atomic mass is 9.96. The lowest BCUT2D eigenvalue weighted by Gasteiger charge is -2.30. The van der Waals surface area contributed by atoms with Gasteiger partial charge in [0.05, 0.1) is 27.5 Å². The standard InChI is InChI=1S/C23H23Cl2NO4S/c1-3-30-17-6-4-5-7-18(17)31-19-9-8-16(20(24)21(19)25)14(2)22(27)26-12-10-15(11-13-26)23(28)29/h4-9,15H,2-3,10-13H2,1H3,(H,28,29). The number of amides is 1. The molecule has 164 valence electrons. The first kappa shape index (κ1) is 23.5. The van der Waals surface area contributed by atoms with Crippen molar-refractivity contribution in [2.75, 3.05) is 19.7 Å². The Kier molecular flexibility index (Phi) is 7.92. The number of hydrogen-bond donors (Lipinski definition) is 1. The number of carboxylic acid groups (broad SMARTS) is 1. The summed E-state index contributed by atoms with van der Waals surface area (Å²) in [7, 11) is 0. The van der Waals surface area contributed by atoms with Gasteiger partial charge in [0, 0.05) is 29.1 Å². The van der Waals surface area contributed by atoms with Crippen molar-refractivity contribution in [3.63, 3.8) is 0 Å². The third-order valence-corrected chi connectivity index (χ3v) is 7.24. The minimum atomic E-state index is -0.820. The van der Waals surface area contributed by atoms with Crippen molar-refractivity contribution in [3.8, 4) is 5.75 Å². The van der Waals surface area contributed by atoms with Gasteiger partial charge in [-0.05, 0) is 38.0 Å². The van der Waals surface area contributed by atoms with Gasteiger partial charge in [-0.2, -0.15) is 0 Å². The van der Waals surface area contributed by atoms with Crippen molar-refractivity contribution in [3.05, 3.63) is 58.6 Å². The summed E-state index contributed by atoms with van der Waals surface area (Å²) in [4.78, 5) is 27.3. The van der Waals surface area contributed by atoms with Crippen molar-refractivity contribution < 1.29 is 19.4 Å². The molecule has 3 rings (SSSR count). The summed E-state index contributed by atoms with van der Waals surface area (Å²) in [6.07, 6.45) is 0.856. The number of ether oxygens (including phenoxy) is 1. The fraction of sp³-hybridized carbons (Fsp3) is 0.304. The fourth-order valence-corrected chi connectivity index (χ4v) is 4.96. The molecule has 1 saturated heterocycles. The van der Waals surface area contributed by atoms with E-state index in [4.69, 9.17) is 33.0 Å². The summed E-state index contributed by atoms with van der Waals surface area (Å²) >= 11 is 14.5. The zero-order valence-electron chi connectivity index (χ0n) is 17.1. The highest BCUT2D eigenvalue weighted by Crippen LogP contribution is 2.43. The minimum absolute atomic E-state index is 0.243. The Morgan fingerprint density at radius 3 is 2.45 bits per heavy atom. The van der Waals surface area contributed by atoms with Crippen molar-refractivity contribution in [2.45, 2.75) is 29.6 Å². The first-order chi connectivity index (χ1) is 14.8. The lowest BCUT2D eigenvalue weighted by Crippen LogP contribution is -2.40. The number of rotatable bonds is 7. The number of carbonyl (C=O) groups is 2. The molecule has 1 heterocycles. The molecule has 0 aromatic heterocycles. The van der Waals surface area contributed by atoms with Crippen LogP contribution in [0.25, 0.3) is 5.57 Å². The number of aliphatic carboxylic acids is 1. The molecule has 8 heteroatoms. The van der Waals surface area contributed by atoms with Crippen LogP contribution in [0, 0.1) is 5.92 Å². The average Bonchev–Trinajstić information content (AvgIpc) is 2.77. The van der Waals surface area contributed by atoms with Gasteiger partial charge < -0.3 is 14.7 Å². The van der Waals surface area contributed by atoms with Crippen LogP contribution in [0.5, 0.6) is 5.75 Å². The molecule has 1 amide bonds. The number of piperidine rings is 1. The molecule has 0 bridgehead atoms. The molecule has 0 unspecified atom stereocenters. The largest absolute Gasteiger partial charge is 0.493 e. The summed E-state index contributed by atoms with van der Waals surface area (Å²) < 4.78 is 5.66. The van der Waals surface area contributed by atoms with E-state index in [2.05, 4.69) is 6.58 Å². The molecule has 1 fully saturated rings. The summed E-state index contributed by atoms with van der Waals surface area (Å²) in [5.41, 5.74) is 0.714. The summed E-state index contributed by atoms with van der Waals surface area (Å²) in [5.74, 6) is -0.731. The number of hydrogen-bond acceptors (Lipinski definition) is 4. The van der Waals surface area contributed by atoms with Gasteiger partial charge in [-0.3, -0.25) is 9.59 Å². The maximum Gasteiger partial charge on any atom is 0.306 e. The molecule has 31 heavy (non-hydrogen) atoms. The van der Waals surface area contributed by atoms with Crippen LogP contribution in [-0.4, -0.2) is 41.6 Å². The Morgan fingerprint density at radius 2 is 1.81 bits per heavy atom. The molecule has 0 radical (unpaired) electrons. The van der Waals surface area contributed by atoms with Crippen LogP contribution >= 0.6 is 35.0 Å². The second-order valence-electron chi connectivity index (χ2n) is 7.10. The maximum atomic E-state index is 12.9. The van der Waals surface area contributed by atoms with E-state index in [1.807, 2.05) is 37.3 Å². The average molecular weight is 480 g/mol. The van der Waals surface area contributed by atoms with Crippen LogP contribution in [0.2, 0.25) is 10.0 Å². The van der Waals surface area contributed by atoms with Crippen LogP contribution in [0.1, 0.15) is 25.3 Å². The predicted octanol–water partition coefficient (Wildman–Crippen LogP) is 5.88. The second kappa shape index (κ2) is 10.4. The molecule has 1 N–H and O–H groups in total. The van der Waals surface area contributed by atoms with Crippen LogP contribution in [0.15, 0.2) is 52.8 Å². The van der Waals surface area contributed by atoms with Crippen molar-refractivity contribution in [2.24, 2.45) is 5.92 Å². The van der Waals surface area contributed by atoms with Crippen molar-refractivity contribution in [1.29, 1.82) is 0 Å². The first-order valence-corrected chi connectivity index (χ1v) is 11.5. The molecular formula is C23H23Cl2NO4S. The van der Waals surface area contributed by atoms with Gasteiger partial charge in [0.15, 0.2) is 0 Å². The number of halogens is 2. The predicted molar refractivity (Wildman–Crippen MR) is 124 cm³/mol. The number of carbonyl (C=O) groups excluding carboxylic acids is 1. The molecule has 2 aromatic rings. The topological polar surface area (TPSA) is 66.8 Å². The highest BCUT2D eigenvalue weighted by atomic mass is 35.5. The molecule has 1 aliphatic rings. The van der Waals surface area contributed by atoms with Crippen LogP contribution in [0.4, 0.5) is 0 Å². The first-order valence-electron chi connectivity index (χ1n) is 9.92. The third kappa shape index (κ3) is 5.37. The summed E-state index contributed by atoms with van der Waals surface area (Å²) in [5, 5.41) is 9.74. The summed E-state index contributed by atoms with van der Waals surface area (Å²) in [6, 6.07) is 11.2. The van der Waals surface area contributed by atoms with Crippen molar-refractivity contribution >= 4 is 52.4 Å². The molecular weight excluding hydrogens is 457 g/mol. The molecule has 5 nitrogen and oxygen atoms in total. The quantitative estimate of drug-likeness (QED) is 0.502. The third-order valence-electron chi connectivity index (χ3n) is 5.13. The fourth-order valence-electron chi connectivity index (χ4n) is 3.41. The van der Waals surface area contributed by atoms with E-state index in [-0.39, 0.29) is 16.5 Å². The number of likely N-dealkylation sites (tertiary alicyclic amines) is 1. The van der Waals surface area contributed by atoms with Crippen LogP contribution in [0.3, 0.4) is 0 Å². The normalized spacial score (nSPS) is 14.4. The van der Waals surface area contributed by atoms with Gasteiger partial charge in [0.2, 0.25) is 0 Å². The van der Waals surface area contributed by atoms with Gasteiger partial charge in [0.25, 0.3) is 5.91 Å². The molecule has 0 spiro atoms. The second-order valence-corrected chi connectivity index (χ2v) is 8.94. The van der Waals surface area contributed by atoms with Crippen molar-refractivity contribution in [1.82, 2.24) is 4.90 Å². The Balaban J connectivity index is 1.77. The van der Waals surface area contributed by atoms with E-state index in [0.717, 1.165) is 15.5 Å². The Labute approximate surface area is 196 Å². The molecule has 2 aromatic carbocycles. The van der Waals surface area contributed by atoms with Crippen LogP contribution in [-0.2, 0) is 9.59 Å². The van der Waals surface area contributed by atoms with Gasteiger partial charge >= 0.3 is 5.97 Å². The summed E-state index contributed by atoms with van der Waals surface area (Å²) in [6.45, 7) is 7.16. The van der Waals surface area contributed by atoms with Gasteiger partial charge in [-0.25, -0.2) is 0 Å². The molecule has 0 aliphatic carbocycles. The van der Waals surface area contributed by atoms with E-state index >= 15 is 0 Å². The lowest BCUT2D eigenvalue weighted by molar-refractivity contribution is -0.144. The zero-order chi connectivity index (χ0) is 22.5. The SMILES string of the molecule is C=C(C(=O)N1CCC(C(=O)O)CC1)c1ccc(Sc2ccccc2OCC)c(Cl)c1Cl. The van der Waals surface area contributed by atoms with Gasteiger partial charge in [-0.1, -0.05) is 59.7 Å². The monoisotopic (exact) mass is 479 g/mol. The maximum absolute atomic E-state index is 12.9. The molecule has 1 aliphatic heterocycles. The number of nitrogens with zero attached hydrogens (tertiary/aromatic N) is 1. The van der Waals surface area contributed by atoms with Crippen LogP contribution < -0.4 is 4.74 Å². The number of benzene rings is 2. The smallest absolute Gasteiger partial charge is 0.306 e. The number of carboxylic acids is 1. The molecule has 0 saturated carbocycles.